The molecule has 44 heavy (non-hydrogen) atoms. The average Bonchev–Trinajstić information content (AvgIpc) is 3.00. The van der Waals surface area contributed by atoms with Crippen LogP contribution in [-0.2, 0) is 4.79 Å². The van der Waals surface area contributed by atoms with Crippen molar-refractivity contribution in [3.05, 3.63) is 93.9 Å². The molecule has 10 heteroatoms. The lowest BCUT2D eigenvalue weighted by atomic mass is 9.97. The fourth-order valence-electron chi connectivity index (χ4n) is 5.88. The van der Waals surface area contributed by atoms with E-state index >= 15 is 4.39 Å². The number of hydrogen-bond acceptors (Lipinski definition) is 6. The van der Waals surface area contributed by atoms with Gasteiger partial charge in [-0.05, 0) is 54.2 Å². The molecule has 0 N–H and O–H groups in total. The summed E-state index contributed by atoms with van der Waals surface area (Å²) in [5, 5.41) is 0.727. The lowest BCUT2D eigenvalue weighted by Gasteiger charge is -2.40. The van der Waals surface area contributed by atoms with Crippen molar-refractivity contribution in [3.8, 4) is 16.9 Å². The predicted octanol–water partition coefficient (Wildman–Crippen LogP) is 6.75. The van der Waals surface area contributed by atoms with Crippen LogP contribution in [0.3, 0.4) is 0 Å². The highest BCUT2D eigenvalue weighted by Crippen LogP contribution is 2.38. The van der Waals surface area contributed by atoms with Gasteiger partial charge in [-0.1, -0.05) is 70.7 Å². The molecule has 3 aromatic heterocycles. The van der Waals surface area contributed by atoms with E-state index in [-0.39, 0.29) is 45.7 Å². The number of piperazine rings is 1. The number of benzene rings is 1. The van der Waals surface area contributed by atoms with Crippen molar-refractivity contribution < 1.29 is 9.18 Å². The maximum atomic E-state index is 15.4. The summed E-state index contributed by atoms with van der Waals surface area (Å²) in [6, 6.07) is 8.10. The Bertz CT molecular complexity index is 1820. The highest BCUT2D eigenvalue weighted by atomic mass is 35.5. The molecule has 4 heterocycles. The molecular formula is C34H36ClFN6O2. The van der Waals surface area contributed by atoms with Crippen LogP contribution in [0.5, 0.6) is 0 Å². The third-order valence-electron chi connectivity index (χ3n) is 8.07. The van der Waals surface area contributed by atoms with Crippen molar-refractivity contribution in [1.29, 1.82) is 0 Å². The summed E-state index contributed by atoms with van der Waals surface area (Å²) < 4.78 is 16.9. The smallest absolute Gasteiger partial charge is 0.350 e. The number of amides is 1. The molecule has 0 radical (unpaired) electrons. The van der Waals surface area contributed by atoms with Gasteiger partial charge >= 0.3 is 5.69 Å². The summed E-state index contributed by atoms with van der Waals surface area (Å²) in [4.78, 5) is 44.6. The van der Waals surface area contributed by atoms with Gasteiger partial charge in [0.05, 0.1) is 27.5 Å². The van der Waals surface area contributed by atoms with Gasteiger partial charge in [-0.15, -0.1) is 0 Å². The summed E-state index contributed by atoms with van der Waals surface area (Å²) in [6.45, 7) is 18.8. The van der Waals surface area contributed by atoms with Gasteiger partial charge in [0.15, 0.2) is 5.65 Å². The molecular weight excluding hydrogens is 579 g/mol. The van der Waals surface area contributed by atoms with E-state index in [4.69, 9.17) is 16.6 Å². The number of rotatable bonds is 7. The van der Waals surface area contributed by atoms with Gasteiger partial charge in [-0.25, -0.2) is 18.7 Å². The normalized spacial score (nSPS) is 15.3. The molecule has 8 nitrogen and oxygen atoms in total. The van der Waals surface area contributed by atoms with E-state index in [1.54, 1.807) is 35.4 Å². The van der Waals surface area contributed by atoms with Crippen LogP contribution in [0.2, 0.25) is 5.02 Å². The molecule has 1 atom stereocenters. The van der Waals surface area contributed by atoms with Gasteiger partial charge in [-0.3, -0.25) is 9.78 Å². The topological polar surface area (TPSA) is 84.2 Å². The van der Waals surface area contributed by atoms with Crippen molar-refractivity contribution in [2.24, 2.45) is 0 Å². The molecule has 5 rings (SSSR count). The van der Waals surface area contributed by atoms with Crippen molar-refractivity contribution in [2.45, 2.75) is 52.5 Å². The van der Waals surface area contributed by atoms with E-state index < -0.39 is 11.5 Å². The Kier molecular flexibility index (Phi) is 8.70. The molecule has 1 aliphatic heterocycles. The van der Waals surface area contributed by atoms with Crippen LogP contribution in [0, 0.1) is 5.82 Å². The van der Waals surface area contributed by atoms with Gasteiger partial charge < -0.3 is 9.80 Å². The zero-order valence-electron chi connectivity index (χ0n) is 25.6. The number of nitrogens with zero attached hydrogens (tertiary/aromatic N) is 6. The third kappa shape index (κ3) is 5.41. The largest absolute Gasteiger partial charge is 0.355 e. The minimum atomic E-state index is -0.542. The lowest BCUT2D eigenvalue weighted by molar-refractivity contribution is -0.126. The fraction of sp³-hybridized carbons (Fsp3) is 0.324. The Morgan fingerprint density at radius 3 is 2.50 bits per heavy atom. The number of fused-ring (bicyclic) bond motifs is 1. The molecule has 0 saturated carbocycles. The number of aromatic nitrogens is 4. The van der Waals surface area contributed by atoms with Gasteiger partial charge in [0.1, 0.15) is 11.6 Å². The number of halogens is 2. The monoisotopic (exact) mass is 614 g/mol. The molecule has 228 valence electrons. The van der Waals surface area contributed by atoms with E-state index in [1.807, 2.05) is 31.7 Å². The Labute approximate surface area is 261 Å². The SMILES string of the molecule is C=CC(=O)N1CCN(c2nc(=O)n(-c3c(C(C)C)ccnc3C(C)C)c3nc(-c4c(F)cccc4C=C)c(Cl)cc23)[C@@H](C)C1. The van der Waals surface area contributed by atoms with Crippen LogP contribution in [0.15, 0.2) is 60.6 Å². The number of carbonyl (C=O) groups excluding carboxylic acids is 1. The Morgan fingerprint density at radius 1 is 1.11 bits per heavy atom. The predicted molar refractivity (Wildman–Crippen MR) is 175 cm³/mol. The van der Waals surface area contributed by atoms with Crippen molar-refractivity contribution in [2.75, 3.05) is 24.5 Å². The maximum absolute atomic E-state index is 15.4. The van der Waals surface area contributed by atoms with Crippen LogP contribution in [-0.4, -0.2) is 56.0 Å². The first-order chi connectivity index (χ1) is 21.0. The molecule has 1 aliphatic rings. The standard InChI is InChI=1S/C34H36ClFN6O2/c1-8-22-11-10-12-26(36)28(22)30-25(35)17-24-32(41-16-15-40(18-21(41)7)27(43)9-2)39-34(44)42(33(24)38-30)31-23(19(3)4)13-14-37-29(31)20(5)6/h8-14,17,19-21H,1-2,15-16,18H2,3-7H3/t21-/m0/s1. The fourth-order valence-corrected chi connectivity index (χ4v) is 6.13. The second-order valence-corrected chi connectivity index (χ2v) is 12.0. The first-order valence-corrected chi connectivity index (χ1v) is 15.1. The molecule has 1 amide bonds. The highest BCUT2D eigenvalue weighted by Gasteiger charge is 2.31. The number of carbonyl (C=O) groups is 1. The second kappa shape index (κ2) is 12.3. The van der Waals surface area contributed by atoms with Gasteiger partial charge in [0.2, 0.25) is 5.91 Å². The first kappa shape index (κ1) is 31.1. The molecule has 1 saturated heterocycles. The van der Waals surface area contributed by atoms with Gasteiger partial charge in [-0.2, -0.15) is 4.98 Å². The molecule has 0 spiro atoms. The quantitative estimate of drug-likeness (QED) is 0.214. The molecule has 1 fully saturated rings. The number of hydrogen-bond donors (Lipinski definition) is 0. The Balaban J connectivity index is 1.88. The zero-order valence-corrected chi connectivity index (χ0v) is 26.4. The van der Waals surface area contributed by atoms with Crippen molar-refractivity contribution in [1.82, 2.24) is 24.4 Å². The molecule has 0 aliphatic carbocycles. The number of pyridine rings is 2. The van der Waals surface area contributed by atoms with E-state index in [0.29, 0.717) is 42.1 Å². The number of anilines is 1. The zero-order chi connectivity index (χ0) is 31.9. The van der Waals surface area contributed by atoms with Crippen LogP contribution < -0.4 is 10.6 Å². The van der Waals surface area contributed by atoms with Gasteiger partial charge in [0.25, 0.3) is 0 Å². The summed E-state index contributed by atoms with van der Waals surface area (Å²) >= 11 is 6.90. The molecule has 4 aromatic rings. The van der Waals surface area contributed by atoms with Crippen molar-refractivity contribution in [3.63, 3.8) is 0 Å². The minimum absolute atomic E-state index is 0.0217. The lowest BCUT2D eigenvalue weighted by Crippen LogP contribution is -2.54. The molecule has 0 bridgehead atoms. The van der Waals surface area contributed by atoms with Gasteiger partial charge in [0, 0.05) is 37.4 Å². The Morgan fingerprint density at radius 2 is 1.86 bits per heavy atom. The average molecular weight is 615 g/mol. The highest BCUT2D eigenvalue weighted by molar-refractivity contribution is 6.34. The summed E-state index contributed by atoms with van der Waals surface area (Å²) in [5.74, 6) is -0.233. The molecule has 1 aromatic carbocycles. The Hall–Kier alpha value is -4.37. The van der Waals surface area contributed by atoms with E-state index in [2.05, 4.69) is 37.0 Å². The van der Waals surface area contributed by atoms with Crippen LogP contribution in [0.4, 0.5) is 10.2 Å². The maximum Gasteiger partial charge on any atom is 0.355 e. The first-order valence-electron chi connectivity index (χ1n) is 14.7. The summed E-state index contributed by atoms with van der Waals surface area (Å²) in [7, 11) is 0. The molecule has 0 unspecified atom stereocenters. The van der Waals surface area contributed by atoms with Crippen molar-refractivity contribution >= 4 is 40.4 Å². The van der Waals surface area contributed by atoms with Crippen LogP contribution in [0.25, 0.3) is 34.1 Å². The summed E-state index contributed by atoms with van der Waals surface area (Å²) in [6.07, 6.45) is 4.60. The van der Waals surface area contributed by atoms with E-state index in [9.17, 15) is 9.59 Å². The second-order valence-electron chi connectivity index (χ2n) is 11.6. The van der Waals surface area contributed by atoms with E-state index in [1.165, 1.54) is 16.7 Å². The van der Waals surface area contributed by atoms with E-state index in [0.717, 1.165) is 11.3 Å². The van der Waals surface area contributed by atoms with Crippen LogP contribution >= 0.6 is 11.6 Å². The summed E-state index contributed by atoms with van der Waals surface area (Å²) in [5.41, 5.74) is 2.87. The van der Waals surface area contributed by atoms with Crippen LogP contribution in [0.1, 0.15) is 63.3 Å². The third-order valence-corrected chi connectivity index (χ3v) is 8.35. The minimum Gasteiger partial charge on any atom is -0.350 e.